The van der Waals surface area contributed by atoms with Crippen molar-refractivity contribution in [1.29, 1.82) is 0 Å². The van der Waals surface area contributed by atoms with E-state index in [1.807, 2.05) is 12.1 Å². The zero-order valence-electron chi connectivity index (χ0n) is 11.8. The third kappa shape index (κ3) is 3.74. The van der Waals surface area contributed by atoms with Crippen LogP contribution in [0.15, 0.2) is 28.7 Å². The summed E-state index contributed by atoms with van der Waals surface area (Å²) >= 11 is 3.31. The van der Waals surface area contributed by atoms with Gasteiger partial charge in [-0.15, -0.1) is 0 Å². The Labute approximate surface area is 131 Å². The van der Waals surface area contributed by atoms with Gasteiger partial charge in [-0.25, -0.2) is 4.79 Å². The van der Waals surface area contributed by atoms with Gasteiger partial charge in [0.15, 0.2) is 0 Å². The van der Waals surface area contributed by atoms with E-state index in [0.29, 0.717) is 5.75 Å². The molecule has 0 radical (unpaired) electrons. The quantitative estimate of drug-likeness (QED) is 0.784. The molecule has 0 bridgehead atoms. The van der Waals surface area contributed by atoms with Gasteiger partial charge < -0.3 is 15.2 Å². The molecule has 21 heavy (non-hydrogen) atoms. The smallest absolute Gasteiger partial charge is 0.325 e. The second kappa shape index (κ2) is 6.03. The zero-order valence-corrected chi connectivity index (χ0v) is 13.4. The van der Waals surface area contributed by atoms with E-state index in [1.165, 1.54) is 0 Å². The van der Waals surface area contributed by atoms with Crippen LogP contribution >= 0.6 is 15.9 Å². The number of halogens is 1. The van der Waals surface area contributed by atoms with Crippen molar-refractivity contribution in [3.05, 3.63) is 28.7 Å². The molecule has 0 spiro atoms. The average molecular weight is 357 g/mol. The average Bonchev–Trinajstić information content (AvgIpc) is 2.60. The van der Waals surface area contributed by atoms with Crippen molar-refractivity contribution in [2.45, 2.75) is 25.5 Å². The van der Waals surface area contributed by atoms with E-state index in [4.69, 9.17) is 4.74 Å². The van der Waals surface area contributed by atoms with E-state index in [0.717, 1.165) is 9.37 Å². The molecule has 6 nitrogen and oxygen atoms in total. The van der Waals surface area contributed by atoms with Crippen molar-refractivity contribution in [2.24, 2.45) is 0 Å². The summed E-state index contributed by atoms with van der Waals surface area (Å²) in [5.74, 6) is 0.255. The third-order valence-electron chi connectivity index (χ3n) is 3.09. The molecule has 0 aliphatic carbocycles. The van der Waals surface area contributed by atoms with Crippen LogP contribution < -0.4 is 10.1 Å². The number of amides is 3. The van der Waals surface area contributed by atoms with Crippen LogP contribution in [-0.4, -0.2) is 46.7 Å². The summed E-state index contributed by atoms with van der Waals surface area (Å²) in [6.45, 7) is 3.15. The number of nitrogens with one attached hydrogen (secondary N) is 1. The summed E-state index contributed by atoms with van der Waals surface area (Å²) in [6, 6.07) is 6.66. The van der Waals surface area contributed by atoms with Gasteiger partial charge in [0, 0.05) is 4.47 Å². The standard InChI is InChI=1S/C14H17BrN2O4/c1-14(2)12(19)17(13(20)16-14)7-10(18)8-21-11-5-3-9(15)4-6-11/h3-6,10,18H,7-8H2,1-2H3,(H,16,20). The minimum atomic E-state index is -0.947. The van der Waals surface area contributed by atoms with Crippen LogP contribution in [0.25, 0.3) is 0 Å². The number of nitrogens with zero attached hydrogens (tertiary/aromatic N) is 1. The lowest BCUT2D eigenvalue weighted by Crippen LogP contribution is -2.42. The molecule has 1 fully saturated rings. The number of aliphatic hydroxyl groups is 1. The molecule has 1 aromatic carbocycles. The first-order valence-corrected chi connectivity index (χ1v) is 7.29. The Bertz CT molecular complexity index is 544. The van der Waals surface area contributed by atoms with Crippen LogP contribution in [0, 0.1) is 0 Å². The molecule has 1 aromatic rings. The number of carbonyl (C=O) groups excluding carboxylic acids is 2. The molecule has 1 saturated heterocycles. The summed E-state index contributed by atoms with van der Waals surface area (Å²) in [6.07, 6.45) is -0.947. The molecule has 114 valence electrons. The SMILES string of the molecule is CC1(C)NC(=O)N(CC(O)COc2ccc(Br)cc2)C1=O. The fraction of sp³-hybridized carbons (Fsp3) is 0.429. The van der Waals surface area contributed by atoms with Gasteiger partial charge in [0.05, 0.1) is 6.54 Å². The van der Waals surface area contributed by atoms with Crippen molar-refractivity contribution in [2.75, 3.05) is 13.2 Å². The Kier molecular flexibility index (Phi) is 4.53. The second-order valence-electron chi connectivity index (χ2n) is 5.39. The first kappa shape index (κ1) is 15.8. The van der Waals surface area contributed by atoms with Crippen LogP contribution in [0.4, 0.5) is 4.79 Å². The van der Waals surface area contributed by atoms with E-state index < -0.39 is 17.7 Å². The van der Waals surface area contributed by atoms with Gasteiger partial charge in [0.25, 0.3) is 5.91 Å². The lowest BCUT2D eigenvalue weighted by Gasteiger charge is -2.19. The van der Waals surface area contributed by atoms with E-state index in [9.17, 15) is 14.7 Å². The molecule has 1 aliphatic heterocycles. The molecule has 3 amide bonds. The third-order valence-corrected chi connectivity index (χ3v) is 3.62. The van der Waals surface area contributed by atoms with E-state index >= 15 is 0 Å². The second-order valence-corrected chi connectivity index (χ2v) is 6.31. The summed E-state index contributed by atoms with van der Waals surface area (Å²) in [7, 11) is 0. The maximum absolute atomic E-state index is 12.0. The Morgan fingerprint density at radius 3 is 2.48 bits per heavy atom. The first-order valence-electron chi connectivity index (χ1n) is 6.50. The fourth-order valence-corrected chi connectivity index (χ4v) is 2.23. The van der Waals surface area contributed by atoms with Gasteiger partial charge in [-0.05, 0) is 38.1 Å². The number of ether oxygens (including phenoxy) is 1. The van der Waals surface area contributed by atoms with Gasteiger partial charge in [0.2, 0.25) is 0 Å². The number of β-amino-alcohol motifs (C(OH)–C–C–N with tert-alkyl or cyclic N) is 1. The Hall–Kier alpha value is -1.60. The lowest BCUT2D eigenvalue weighted by atomic mass is 10.1. The summed E-state index contributed by atoms with van der Waals surface area (Å²) in [5.41, 5.74) is -0.927. The summed E-state index contributed by atoms with van der Waals surface area (Å²) < 4.78 is 6.34. The topological polar surface area (TPSA) is 78.9 Å². The Morgan fingerprint density at radius 1 is 1.33 bits per heavy atom. The van der Waals surface area contributed by atoms with Crippen LogP contribution in [0.2, 0.25) is 0 Å². The summed E-state index contributed by atoms with van der Waals surface area (Å²) in [5, 5.41) is 12.5. The zero-order chi connectivity index (χ0) is 15.6. The molecule has 1 atom stereocenters. The number of benzene rings is 1. The van der Waals surface area contributed by atoms with Crippen molar-refractivity contribution in [3.8, 4) is 5.75 Å². The predicted octanol–water partition coefficient (Wildman–Crippen LogP) is 1.52. The minimum absolute atomic E-state index is 0.000872. The highest BCUT2D eigenvalue weighted by Crippen LogP contribution is 2.18. The normalized spacial score (nSPS) is 18.6. The number of carbonyl (C=O) groups is 2. The fourth-order valence-electron chi connectivity index (χ4n) is 1.97. The highest BCUT2D eigenvalue weighted by molar-refractivity contribution is 9.10. The molecule has 7 heteroatoms. The first-order chi connectivity index (χ1) is 9.79. The van der Waals surface area contributed by atoms with E-state index in [1.54, 1.807) is 26.0 Å². The predicted molar refractivity (Wildman–Crippen MR) is 80.0 cm³/mol. The van der Waals surface area contributed by atoms with Crippen LogP contribution in [0.5, 0.6) is 5.75 Å². The van der Waals surface area contributed by atoms with Crippen molar-refractivity contribution in [3.63, 3.8) is 0 Å². The van der Waals surface area contributed by atoms with Gasteiger partial charge in [0.1, 0.15) is 24.0 Å². The van der Waals surface area contributed by atoms with Crippen molar-refractivity contribution < 1.29 is 19.4 Å². The van der Waals surface area contributed by atoms with E-state index in [-0.39, 0.29) is 19.1 Å². The molecule has 0 aromatic heterocycles. The molecule has 0 saturated carbocycles. The van der Waals surface area contributed by atoms with Crippen molar-refractivity contribution in [1.82, 2.24) is 10.2 Å². The molecule has 1 heterocycles. The summed E-state index contributed by atoms with van der Waals surface area (Å²) in [4.78, 5) is 24.7. The number of imide groups is 1. The van der Waals surface area contributed by atoms with Crippen molar-refractivity contribution >= 4 is 27.9 Å². The van der Waals surface area contributed by atoms with Crippen LogP contribution in [0.3, 0.4) is 0 Å². The van der Waals surface area contributed by atoms with Crippen LogP contribution in [0.1, 0.15) is 13.8 Å². The molecule has 2 N–H and O–H groups in total. The van der Waals surface area contributed by atoms with Crippen LogP contribution in [-0.2, 0) is 4.79 Å². The number of rotatable bonds is 5. The lowest BCUT2D eigenvalue weighted by molar-refractivity contribution is -0.131. The number of urea groups is 1. The number of aliphatic hydroxyl groups excluding tert-OH is 1. The van der Waals surface area contributed by atoms with Gasteiger partial charge in [-0.1, -0.05) is 15.9 Å². The minimum Gasteiger partial charge on any atom is -0.491 e. The monoisotopic (exact) mass is 356 g/mol. The van der Waals surface area contributed by atoms with E-state index in [2.05, 4.69) is 21.2 Å². The maximum atomic E-state index is 12.0. The molecular formula is C14H17BrN2O4. The molecule has 1 unspecified atom stereocenters. The Balaban J connectivity index is 1.87. The van der Waals surface area contributed by atoms with Gasteiger partial charge >= 0.3 is 6.03 Å². The highest BCUT2D eigenvalue weighted by Gasteiger charge is 2.44. The molecule has 1 aliphatic rings. The van der Waals surface area contributed by atoms with Gasteiger partial charge in [-0.2, -0.15) is 0 Å². The Morgan fingerprint density at radius 2 is 1.95 bits per heavy atom. The number of hydrogen-bond donors (Lipinski definition) is 2. The van der Waals surface area contributed by atoms with Gasteiger partial charge in [-0.3, -0.25) is 9.69 Å². The molecule has 2 rings (SSSR count). The largest absolute Gasteiger partial charge is 0.491 e. The maximum Gasteiger partial charge on any atom is 0.325 e. The molecular weight excluding hydrogens is 340 g/mol. The highest BCUT2D eigenvalue weighted by atomic mass is 79.9. The number of hydrogen-bond acceptors (Lipinski definition) is 4.